The molecule has 140 valence electrons. The lowest BCUT2D eigenvalue weighted by Crippen LogP contribution is -2.12. The Bertz CT molecular complexity index is 307. The van der Waals surface area contributed by atoms with Gasteiger partial charge in [-0.1, -0.05) is 78.6 Å². The molecule has 0 rings (SSSR count). The van der Waals surface area contributed by atoms with E-state index in [0.29, 0.717) is 0 Å². The Labute approximate surface area is 144 Å². The molecule has 0 aliphatic carbocycles. The lowest BCUT2D eigenvalue weighted by atomic mass is 10.0. The van der Waals surface area contributed by atoms with E-state index in [1.54, 1.807) is 6.92 Å². The summed E-state index contributed by atoms with van der Waals surface area (Å²) in [6.45, 7) is 8.60. The maximum Gasteiger partial charge on any atom is 0.472 e. The Morgan fingerprint density at radius 3 is 1.87 bits per heavy atom. The Morgan fingerprint density at radius 1 is 0.870 bits per heavy atom. The molecule has 0 aromatic rings. The van der Waals surface area contributed by atoms with Crippen LogP contribution in [0, 0.1) is 5.92 Å². The molecule has 4 nitrogen and oxygen atoms in total. The van der Waals surface area contributed by atoms with Gasteiger partial charge in [0, 0.05) is 0 Å². The zero-order valence-corrected chi connectivity index (χ0v) is 16.7. The van der Waals surface area contributed by atoms with E-state index in [1.807, 2.05) is 0 Å². The highest BCUT2D eigenvalue weighted by molar-refractivity contribution is 7.47. The Morgan fingerprint density at radius 2 is 1.39 bits per heavy atom. The summed E-state index contributed by atoms with van der Waals surface area (Å²) in [5, 5.41) is 0. The van der Waals surface area contributed by atoms with Crippen molar-refractivity contribution in [3.05, 3.63) is 0 Å². The molecule has 1 N–H and O–H groups in total. The molecule has 23 heavy (non-hydrogen) atoms. The summed E-state index contributed by atoms with van der Waals surface area (Å²) >= 11 is 0. The number of rotatable bonds is 16. The second-order valence-corrected chi connectivity index (χ2v) is 8.25. The van der Waals surface area contributed by atoms with E-state index in [4.69, 9.17) is 9.05 Å². The topological polar surface area (TPSA) is 55.8 Å². The average molecular weight is 350 g/mol. The highest BCUT2D eigenvalue weighted by atomic mass is 31.2. The van der Waals surface area contributed by atoms with E-state index in [-0.39, 0.29) is 12.7 Å². The number of unbranched alkanes of at least 4 members (excludes halogenated alkanes) is 6. The van der Waals surface area contributed by atoms with Crippen molar-refractivity contribution in [3.8, 4) is 0 Å². The molecule has 0 aliphatic rings. The lowest BCUT2D eigenvalue weighted by molar-refractivity contribution is 0.0939. The van der Waals surface area contributed by atoms with Crippen LogP contribution in [-0.4, -0.2) is 17.6 Å². The van der Waals surface area contributed by atoms with Gasteiger partial charge < -0.3 is 4.89 Å². The van der Waals surface area contributed by atoms with Crippen LogP contribution in [0.5, 0.6) is 0 Å². The summed E-state index contributed by atoms with van der Waals surface area (Å²) in [6, 6.07) is 0. The van der Waals surface area contributed by atoms with Crippen LogP contribution in [0.3, 0.4) is 0 Å². The molecule has 0 radical (unpaired) electrons. The third-order valence-corrected chi connectivity index (χ3v) is 5.16. The van der Waals surface area contributed by atoms with E-state index in [0.717, 1.165) is 38.0 Å². The first kappa shape index (κ1) is 23.1. The SMILES string of the molecule is CCCCCCC(CCCCCCC(C)C)OP(=O)(O)OCC. The second-order valence-electron chi connectivity index (χ2n) is 6.85. The predicted molar refractivity (Wildman–Crippen MR) is 97.6 cm³/mol. The molecule has 0 bridgehead atoms. The fraction of sp³-hybridized carbons (Fsp3) is 1.00. The van der Waals surface area contributed by atoms with Gasteiger partial charge in [0.1, 0.15) is 0 Å². The highest BCUT2D eigenvalue weighted by Crippen LogP contribution is 2.45. The van der Waals surface area contributed by atoms with E-state index >= 15 is 0 Å². The minimum Gasteiger partial charge on any atom is -0.302 e. The minimum absolute atomic E-state index is 0.153. The number of phosphoric ester groups is 1. The fourth-order valence-corrected chi connectivity index (χ4v) is 3.68. The van der Waals surface area contributed by atoms with Gasteiger partial charge in [0.25, 0.3) is 0 Å². The molecule has 0 amide bonds. The molecule has 0 saturated heterocycles. The monoisotopic (exact) mass is 350 g/mol. The zero-order valence-electron chi connectivity index (χ0n) is 15.8. The van der Waals surface area contributed by atoms with Crippen LogP contribution in [-0.2, 0) is 13.6 Å². The third-order valence-electron chi connectivity index (χ3n) is 4.01. The van der Waals surface area contributed by atoms with Crippen molar-refractivity contribution >= 4 is 7.82 Å². The smallest absolute Gasteiger partial charge is 0.302 e. The number of hydrogen-bond acceptors (Lipinski definition) is 3. The molecule has 2 atom stereocenters. The summed E-state index contributed by atoms with van der Waals surface area (Å²) in [5.74, 6) is 0.774. The largest absolute Gasteiger partial charge is 0.472 e. The molecule has 0 aliphatic heterocycles. The molecule has 0 fully saturated rings. The van der Waals surface area contributed by atoms with Gasteiger partial charge in [0.15, 0.2) is 0 Å². The Hall–Kier alpha value is 0.110. The minimum atomic E-state index is -3.88. The maximum atomic E-state index is 11.8. The molecule has 0 heterocycles. The molecule has 0 spiro atoms. The van der Waals surface area contributed by atoms with Crippen molar-refractivity contribution in [2.75, 3.05) is 6.61 Å². The quantitative estimate of drug-likeness (QED) is 0.256. The van der Waals surface area contributed by atoms with Crippen molar-refractivity contribution in [1.82, 2.24) is 0 Å². The molecule has 5 heteroatoms. The molecular formula is C18H39O4P. The second kappa shape index (κ2) is 14.5. The normalized spacial score (nSPS) is 15.7. The first-order valence-corrected chi connectivity index (χ1v) is 11.1. The highest BCUT2D eigenvalue weighted by Gasteiger charge is 2.25. The van der Waals surface area contributed by atoms with Gasteiger partial charge >= 0.3 is 7.82 Å². The summed E-state index contributed by atoms with van der Waals surface area (Å²) in [4.78, 5) is 9.70. The van der Waals surface area contributed by atoms with Crippen LogP contribution in [0.1, 0.15) is 98.3 Å². The first-order valence-electron chi connectivity index (χ1n) is 9.57. The Kier molecular flexibility index (Phi) is 14.5. The van der Waals surface area contributed by atoms with E-state index in [2.05, 4.69) is 20.8 Å². The third kappa shape index (κ3) is 15.4. The van der Waals surface area contributed by atoms with Crippen molar-refractivity contribution in [1.29, 1.82) is 0 Å². The van der Waals surface area contributed by atoms with Gasteiger partial charge in [0.05, 0.1) is 12.7 Å². The maximum absolute atomic E-state index is 11.8. The lowest BCUT2D eigenvalue weighted by Gasteiger charge is -2.20. The van der Waals surface area contributed by atoms with Crippen molar-refractivity contribution < 1.29 is 18.5 Å². The van der Waals surface area contributed by atoms with Crippen LogP contribution in [0.25, 0.3) is 0 Å². The van der Waals surface area contributed by atoms with Gasteiger partial charge in [0.2, 0.25) is 0 Å². The van der Waals surface area contributed by atoms with Crippen LogP contribution in [0.15, 0.2) is 0 Å². The van der Waals surface area contributed by atoms with E-state index in [1.165, 1.54) is 38.5 Å². The summed E-state index contributed by atoms with van der Waals surface area (Å²) in [7, 11) is -3.88. The predicted octanol–water partition coefficient (Wildman–Crippen LogP) is 6.48. The van der Waals surface area contributed by atoms with Crippen molar-refractivity contribution in [2.45, 2.75) is 104 Å². The molecule has 0 saturated carbocycles. The van der Waals surface area contributed by atoms with Crippen molar-refractivity contribution in [3.63, 3.8) is 0 Å². The zero-order chi connectivity index (χ0) is 17.6. The van der Waals surface area contributed by atoms with Gasteiger partial charge in [-0.3, -0.25) is 9.05 Å². The van der Waals surface area contributed by atoms with Crippen LogP contribution >= 0.6 is 7.82 Å². The van der Waals surface area contributed by atoms with Crippen LogP contribution < -0.4 is 0 Å². The van der Waals surface area contributed by atoms with Gasteiger partial charge in [-0.2, -0.15) is 0 Å². The summed E-state index contributed by atoms with van der Waals surface area (Å²) < 4.78 is 22.1. The van der Waals surface area contributed by atoms with Crippen LogP contribution in [0.2, 0.25) is 0 Å². The first-order chi connectivity index (χ1) is 10.9. The van der Waals surface area contributed by atoms with Gasteiger partial charge in [-0.05, 0) is 25.7 Å². The average Bonchev–Trinajstić information content (AvgIpc) is 2.46. The standard InChI is InChI=1S/C18H39O4P/c1-5-7-8-12-15-18(22-23(19,20)21-6-2)16-13-10-9-11-14-17(3)4/h17-18H,5-16H2,1-4H3,(H,19,20). The molecular weight excluding hydrogens is 311 g/mol. The number of hydrogen-bond donors (Lipinski definition) is 1. The van der Waals surface area contributed by atoms with Gasteiger partial charge in [-0.25, -0.2) is 4.57 Å². The van der Waals surface area contributed by atoms with Crippen molar-refractivity contribution in [2.24, 2.45) is 5.92 Å². The van der Waals surface area contributed by atoms with E-state index in [9.17, 15) is 9.46 Å². The van der Waals surface area contributed by atoms with Gasteiger partial charge in [-0.15, -0.1) is 0 Å². The Balaban J connectivity index is 4.08. The van der Waals surface area contributed by atoms with E-state index < -0.39 is 7.82 Å². The number of phosphoric acid groups is 1. The van der Waals surface area contributed by atoms with Crippen LogP contribution in [0.4, 0.5) is 0 Å². The summed E-state index contributed by atoms with van der Waals surface area (Å²) in [6.07, 6.45) is 12.2. The summed E-state index contributed by atoms with van der Waals surface area (Å²) in [5.41, 5.74) is 0. The molecule has 2 unspecified atom stereocenters. The fourth-order valence-electron chi connectivity index (χ4n) is 2.71. The molecule has 0 aromatic carbocycles. The molecule has 0 aromatic heterocycles.